The number of aromatic nitrogens is 2. The van der Waals surface area contributed by atoms with Crippen LogP contribution in [0.25, 0.3) is 10.9 Å². The Morgan fingerprint density at radius 1 is 1.15 bits per heavy atom. The van der Waals surface area contributed by atoms with E-state index in [1.54, 1.807) is 27.8 Å². The van der Waals surface area contributed by atoms with Crippen molar-refractivity contribution in [3.05, 3.63) is 75.0 Å². The Hall–Kier alpha value is -4.26. The first-order valence-electron chi connectivity index (χ1n) is 13.2. The van der Waals surface area contributed by atoms with E-state index in [1.165, 1.54) is 18.3 Å². The molecule has 3 aromatic rings. The molecule has 0 atom stereocenters. The van der Waals surface area contributed by atoms with Crippen molar-refractivity contribution in [2.24, 2.45) is 0 Å². The van der Waals surface area contributed by atoms with Crippen LogP contribution in [0.4, 0.5) is 11.5 Å². The van der Waals surface area contributed by atoms with Gasteiger partial charge in [-0.25, -0.2) is 4.98 Å². The number of rotatable bonds is 7. The predicted octanol–water partition coefficient (Wildman–Crippen LogP) is 2.83. The van der Waals surface area contributed by atoms with Crippen LogP contribution in [0.5, 0.6) is 0 Å². The molecule has 0 radical (unpaired) electrons. The van der Waals surface area contributed by atoms with Crippen LogP contribution < -0.4 is 4.90 Å². The highest BCUT2D eigenvalue weighted by Gasteiger charge is 2.35. The van der Waals surface area contributed by atoms with E-state index in [-0.39, 0.29) is 36.0 Å². The summed E-state index contributed by atoms with van der Waals surface area (Å²) in [7, 11) is 1.74. The maximum Gasteiger partial charge on any atom is 0.287 e. The molecule has 0 saturated carbocycles. The zero-order valence-corrected chi connectivity index (χ0v) is 24.4. The van der Waals surface area contributed by atoms with Gasteiger partial charge in [-0.3, -0.25) is 24.5 Å². The van der Waals surface area contributed by atoms with Gasteiger partial charge in [0.1, 0.15) is 18.6 Å². The molecule has 0 aliphatic carbocycles. The summed E-state index contributed by atoms with van der Waals surface area (Å²) in [5.74, 6) is 0.268. The highest BCUT2D eigenvalue weighted by molar-refractivity contribution is 9.10. The number of fused-ring (bicyclic) bond motifs is 1. The third kappa shape index (κ3) is 5.41. The number of carbonyl (C=O) groups is 3. The summed E-state index contributed by atoms with van der Waals surface area (Å²) in [6.45, 7) is 8.37. The number of piperazine rings is 1. The van der Waals surface area contributed by atoms with Crippen molar-refractivity contribution >= 4 is 56.1 Å². The number of likely N-dealkylation sites (tertiary alicyclic amines) is 1. The molecular weight excluding hydrogens is 594 g/mol. The summed E-state index contributed by atoms with van der Waals surface area (Å²) in [5, 5.41) is 11.7. The monoisotopic (exact) mass is 623 g/mol. The van der Waals surface area contributed by atoms with Crippen molar-refractivity contribution in [1.82, 2.24) is 24.3 Å². The fraction of sp³-hybridized carbons (Fsp3) is 0.357. The zero-order chi connectivity index (χ0) is 29.4. The first-order chi connectivity index (χ1) is 19.6. The van der Waals surface area contributed by atoms with Crippen LogP contribution in [0.2, 0.25) is 0 Å². The molecule has 2 aromatic heterocycles. The minimum absolute atomic E-state index is 0.0645. The normalized spacial score (nSPS) is 15.5. The molecule has 4 heterocycles. The molecule has 2 fully saturated rings. The van der Waals surface area contributed by atoms with Crippen LogP contribution in [0.15, 0.2) is 53.7 Å². The standard InChI is InChI=1S/C28H30BrN7O5/c1-4-25(37)34-15-21(16-34)31(3)26(38)17-35-18(2)27(22-13-19(29)5-7-23(22)35)28(39)33-11-9-32(10-12-33)24-8-6-20(14-30-24)36(40)41/h4-8,13-14,21H,1,9-12,15-17H2,2-3H3. The summed E-state index contributed by atoms with van der Waals surface area (Å²) in [6, 6.07) is 8.69. The van der Waals surface area contributed by atoms with Crippen molar-refractivity contribution < 1.29 is 19.3 Å². The van der Waals surface area contributed by atoms with Gasteiger partial charge in [-0.15, -0.1) is 0 Å². The first-order valence-corrected chi connectivity index (χ1v) is 14.0. The number of halogens is 1. The lowest BCUT2D eigenvalue weighted by Gasteiger charge is -2.43. The lowest BCUT2D eigenvalue weighted by Crippen LogP contribution is -2.61. The molecule has 5 rings (SSSR count). The van der Waals surface area contributed by atoms with Crippen LogP contribution in [-0.4, -0.2) is 99.3 Å². The number of anilines is 1. The summed E-state index contributed by atoms with van der Waals surface area (Å²) >= 11 is 3.52. The minimum atomic E-state index is -0.483. The number of pyridine rings is 1. The van der Waals surface area contributed by atoms with E-state index < -0.39 is 4.92 Å². The third-order valence-electron chi connectivity index (χ3n) is 7.92. The largest absolute Gasteiger partial charge is 0.353 e. The molecule has 2 saturated heterocycles. The topological polar surface area (TPSA) is 125 Å². The van der Waals surface area contributed by atoms with E-state index in [0.29, 0.717) is 56.3 Å². The Labute approximate surface area is 245 Å². The number of benzene rings is 1. The number of nitrogens with zero attached hydrogens (tertiary/aromatic N) is 7. The van der Waals surface area contributed by atoms with Crippen molar-refractivity contribution in [1.29, 1.82) is 0 Å². The molecule has 0 bridgehead atoms. The zero-order valence-electron chi connectivity index (χ0n) is 22.8. The van der Waals surface area contributed by atoms with E-state index in [2.05, 4.69) is 27.5 Å². The quantitative estimate of drug-likeness (QED) is 0.225. The van der Waals surface area contributed by atoms with Crippen molar-refractivity contribution in [3.8, 4) is 0 Å². The van der Waals surface area contributed by atoms with Crippen molar-refractivity contribution in [2.45, 2.75) is 19.5 Å². The molecule has 0 N–H and O–H groups in total. The molecule has 3 amide bonds. The van der Waals surface area contributed by atoms with Gasteiger partial charge in [-0.2, -0.15) is 0 Å². The Kier molecular flexibility index (Phi) is 7.80. The van der Waals surface area contributed by atoms with Gasteiger partial charge in [0.25, 0.3) is 11.6 Å². The second-order valence-corrected chi connectivity index (χ2v) is 11.1. The highest BCUT2D eigenvalue weighted by Crippen LogP contribution is 2.31. The minimum Gasteiger partial charge on any atom is -0.353 e. The summed E-state index contributed by atoms with van der Waals surface area (Å²) in [4.78, 5) is 60.7. The highest BCUT2D eigenvalue weighted by atomic mass is 79.9. The molecule has 41 heavy (non-hydrogen) atoms. The first kappa shape index (κ1) is 28.3. The number of carbonyl (C=O) groups excluding carboxylic acids is 3. The second-order valence-electron chi connectivity index (χ2n) is 10.2. The van der Waals surface area contributed by atoms with E-state index in [1.807, 2.05) is 34.6 Å². The summed E-state index contributed by atoms with van der Waals surface area (Å²) in [5.41, 5.74) is 2.00. The van der Waals surface area contributed by atoms with Gasteiger partial charge in [0, 0.05) is 73.5 Å². The second kappa shape index (κ2) is 11.3. The van der Waals surface area contributed by atoms with Gasteiger partial charge in [0.15, 0.2) is 0 Å². The molecule has 12 nitrogen and oxygen atoms in total. The van der Waals surface area contributed by atoms with Gasteiger partial charge in [0.2, 0.25) is 11.8 Å². The average molecular weight is 624 g/mol. The molecule has 1 aromatic carbocycles. The maximum atomic E-state index is 13.9. The van der Waals surface area contributed by atoms with Gasteiger partial charge in [-0.1, -0.05) is 22.5 Å². The van der Waals surface area contributed by atoms with Crippen molar-refractivity contribution in [3.63, 3.8) is 0 Å². The molecule has 214 valence electrons. The number of hydrogen-bond acceptors (Lipinski definition) is 7. The van der Waals surface area contributed by atoms with Crippen LogP contribution in [0.1, 0.15) is 16.1 Å². The van der Waals surface area contributed by atoms with Gasteiger partial charge < -0.3 is 24.2 Å². The summed E-state index contributed by atoms with van der Waals surface area (Å²) < 4.78 is 2.71. The molecule has 2 aliphatic heterocycles. The van der Waals surface area contributed by atoms with Gasteiger partial charge in [0.05, 0.1) is 16.5 Å². The fourth-order valence-corrected chi connectivity index (χ4v) is 5.72. The molecule has 13 heteroatoms. The summed E-state index contributed by atoms with van der Waals surface area (Å²) in [6.07, 6.45) is 2.51. The molecule has 2 aliphatic rings. The van der Waals surface area contributed by atoms with Crippen LogP contribution in [0.3, 0.4) is 0 Å². The number of nitro groups is 1. The van der Waals surface area contributed by atoms with E-state index in [9.17, 15) is 24.5 Å². The molecule has 0 spiro atoms. The number of likely N-dealkylation sites (N-methyl/N-ethyl adjacent to an activating group) is 1. The van der Waals surface area contributed by atoms with Gasteiger partial charge >= 0.3 is 0 Å². The maximum absolute atomic E-state index is 13.9. The van der Waals surface area contributed by atoms with Crippen molar-refractivity contribution in [2.75, 3.05) is 51.2 Å². The Morgan fingerprint density at radius 3 is 2.46 bits per heavy atom. The molecule has 0 unspecified atom stereocenters. The van der Waals surface area contributed by atoms with E-state index in [0.717, 1.165) is 15.4 Å². The smallest absolute Gasteiger partial charge is 0.287 e. The average Bonchev–Trinajstić information content (AvgIpc) is 3.21. The van der Waals surface area contributed by atoms with E-state index in [4.69, 9.17) is 0 Å². The lowest BCUT2D eigenvalue weighted by atomic mass is 10.1. The predicted molar refractivity (Wildman–Crippen MR) is 157 cm³/mol. The van der Waals surface area contributed by atoms with Crippen LogP contribution in [0, 0.1) is 17.0 Å². The SMILES string of the molecule is C=CC(=O)N1CC(N(C)C(=O)Cn2c(C)c(C(=O)N3CCN(c4ccc([N+](=O)[O-])cn4)CC3)c3cc(Br)ccc32)C1. The Morgan fingerprint density at radius 2 is 1.85 bits per heavy atom. The number of hydrogen-bond donors (Lipinski definition) is 0. The fourth-order valence-electron chi connectivity index (χ4n) is 5.36. The number of amides is 3. The lowest BCUT2D eigenvalue weighted by molar-refractivity contribution is -0.385. The van der Waals surface area contributed by atoms with E-state index >= 15 is 0 Å². The Balaban J connectivity index is 1.32. The van der Waals surface area contributed by atoms with Crippen LogP contribution in [-0.2, 0) is 16.1 Å². The Bertz CT molecular complexity index is 1540. The van der Waals surface area contributed by atoms with Gasteiger partial charge in [-0.05, 0) is 37.3 Å². The molecular formula is C28H30BrN7O5. The third-order valence-corrected chi connectivity index (χ3v) is 8.41. The van der Waals surface area contributed by atoms with Crippen LogP contribution >= 0.6 is 15.9 Å².